The van der Waals surface area contributed by atoms with E-state index >= 15 is 0 Å². The van der Waals surface area contributed by atoms with Crippen molar-refractivity contribution < 1.29 is 18.3 Å². The van der Waals surface area contributed by atoms with Crippen LogP contribution < -0.4 is 10.3 Å². The van der Waals surface area contributed by atoms with Gasteiger partial charge in [-0.15, -0.1) is 0 Å². The summed E-state index contributed by atoms with van der Waals surface area (Å²) in [4.78, 5) is 23.3. The standard InChI is InChI=1S/C22H26N6O6S/c29-27(30)18-7-9-21(25-10-4-5-11-25)17(14-18)16-23-24-20-8-6-19(28(31)32)15-22(20)35(33,34)26-12-2-1-3-13-26/h6-9,14-16,24H,1-5,10-13H2/b23-16+. The highest BCUT2D eigenvalue weighted by Gasteiger charge is 2.30. The largest absolute Gasteiger partial charge is 0.371 e. The Morgan fingerprint density at radius 3 is 2.11 bits per heavy atom. The van der Waals surface area contributed by atoms with Gasteiger partial charge < -0.3 is 4.90 Å². The number of nitrogens with one attached hydrogen (secondary N) is 1. The lowest BCUT2D eigenvalue weighted by Crippen LogP contribution is -2.35. The van der Waals surface area contributed by atoms with Crippen molar-refractivity contribution in [2.24, 2.45) is 5.10 Å². The van der Waals surface area contributed by atoms with E-state index in [1.165, 1.54) is 34.8 Å². The van der Waals surface area contributed by atoms with Crippen molar-refractivity contribution in [2.45, 2.75) is 37.0 Å². The van der Waals surface area contributed by atoms with E-state index in [0.717, 1.165) is 56.9 Å². The van der Waals surface area contributed by atoms with Gasteiger partial charge >= 0.3 is 0 Å². The fourth-order valence-electron chi connectivity index (χ4n) is 4.35. The van der Waals surface area contributed by atoms with Crippen LogP contribution in [-0.2, 0) is 10.0 Å². The molecule has 186 valence electrons. The van der Waals surface area contributed by atoms with Crippen LogP contribution in [0.2, 0.25) is 0 Å². The van der Waals surface area contributed by atoms with E-state index in [2.05, 4.69) is 15.4 Å². The van der Waals surface area contributed by atoms with Gasteiger partial charge in [-0.1, -0.05) is 6.42 Å². The molecule has 2 heterocycles. The number of hydrazone groups is 1. The van der Waals surface area contributed by atoms with Crippen molar-refractivity contribution in [1.82, 2.24) is 4.31 Å². The lowest BCUT2D eigenvalue weighted by molar-refractivity contribution is -0.385. The molecule has 35 heavy (non-hydrogen) atoms. The minimum Gasteiger partial charge on any atom is -0.371 e. The molecular weight excluding hydrogens is 476 g/mol. The van der Waals surface area contributed by atoms with Crippen molar-refractivity contribution in [3.63, 3.8) is 0 Å². The molecular formula is C22H26N6O6S. The molecule has 0 saturated carbocycles. The molecule has 12 nitrogen and oxygen atoms in total. The first kappa shape index (κ1) is 24.5. The van der Waals surface area contributed by atoms with Gasteiger partial charge in [-0.25, -0.2) is 8.42 Å². The Balaban J connectivity index is 1.67. The zero-order valence-electron chi connectivity index (χ0n) is 19.0. The second-order valence-corrected chi connectivity index (χ2v) is 10.4. The molecule has 2 aromatic rings. The van der Waals surface area contributed by atoms with Crippen molar-refractivity contribution in [2.75, 3.05) is 36.5 Å². The summed E-state index contributed by atoms with van der Waals surface area (Å²) in [5.74, 6) is 0. The highest BCUT2D eigenvalue weighted by Crippen LogP contribution is 2.31. The van der Waals surface area contributed by atoms with Gasteiger partial charge in [0.2, 0.25) is 10.0 Å². The van der Waals surface area contributed by atoms with Gasteiger partial charge in [-0.05, 0) is 37.8 Å². The Bertz CT molecular complexity index is 1250. The molecule has 2 fully saturated rings. The van der Waals surface area contributed by atoms with Gasteiger partial charge in [0.15, 0.2) is 0 Å². The third kappa shape index (κ3) is 5.41. The van der Waals surface area contributed by atoms with Crippen molar-refractivity contribution in [1.29, 1.82) is 0 Å². The van der Waals surface area contributed by atoms with Crippen molar-refractivity contribution >= 4 is 39.0 Å². The number of rotatable bonds is 8. The average molecular weight is 503 g/mol. The fourth-order valence-corrected chi connectivity index (χ4v) is 6.03. The highest BCUT2D eigenvalue weighted by molar-refractivity contribution is 7.89. The van der Waals surface area contributed by atoms with E-state index in [1.54, 1.807) is 6.07 Å². The minimum atomic E-state index is -3.99. The first-order chi connectivity index (χ1) is 16.8. The summed E-state index contributed by atoms with van der Waals surface area (Å²) in [6, 6.07) is 8.09. The van der Waals surface area contributed by atoms with E-state index in [4.69, 9.17) is 0 Å². The fraction of sp³-hybridized carbons (Fsp3) is 0.409. The van der Waals surface area contributed by atoms with Crippen LogP contribution in [0.1, 0.15) is 37.7 Å². The van der Waals surface area contributed by atoms with E-state index in [9.17, 15) is 28.6 Å². The maximum atomic E-state index is 13.3. The molecule has 2 saturated heterocycles. The molecule has 2 aliphatic rings. The summed E-state index contributed by atoms with van der Waals surface area (Å²) in [5, 5.41) is 26.7. The number of hydrogen-bond donors (Lipinski definition) is 1. The Morgan fingerprint density at radius 1 is 0.857 bits per heavy atom. The summed E-state index contributed by atoms with van der Waals surface area (Å²) in [5.41, 5.74) is 3.66. The smallest absolute Gasteiger partial charge is 0.270 e. The lowest BCUT2D eigenvalue weighted by atomic mass is 10.1. The number of nitro groups is 2. The first-order valence-electron chi connectivity index (χ1n) is 11.4. The summed E-state index contributed by atoms with van der Waals surface area (Å²) >= 11 is 0. The zero-order chi connectivity index (χ0) is 25.0. The van der Waals surface area contributed by atoms with Crippen LogP contribution in [0.15, 0.2) is 46.4 Å². The van der Waals surface area contributed by atoms with Crippen LogP contribution >= 0.6 is 0 Å². The summed E-state index contributed by atoms with van der Waals surface area (Å²) < 4.78 is 27.9. The Kier molecular flexibility index (Phi) is 7.26. The molecule has 0 spiro atoms. The molecule has 0 aliphatic carbocycles. The lowest BCUT2D eigenvalue weighted by Gasteiger charge is -2.26. The van der Waals surface area contributed by atoms with Crippen LogP contribution in [0.4, 0.5) is 22.7 Å². The summed E-state index contributed by atoms with van der Waals surface area (Å²) in [6.45, 7) is 2.35. The molecule has 0 atom stereocenters. The van der Waals surface area contributed by atoms with E-state index in [-0.39, 0.29) is 22.0 Å². The monoisotopic (exact) mass is 502 g/mol. The Hall–Kier alpha value is -3.58. The highest BCUT2D eigenvalue weighted by atomic mass is 32.2. The molecule has 0 unspecified atom stereocenters. The number of nitro benzene ring substituents is 2. The molecule has 0 aromatic heterocycles. The predicted molar refractivity (Wildman–Crippen MR) is 131 cm³/mol. The van der Waals surface area contributed by atoms with Crippen LogP contribution in [0.25, 0.3) is 0 Å². The van der Waals surface area contributed by atoms with Gasteiger partial charge in [-0.3, -0.25) is 25.7 Å². The number of nitrogens with zero attached hydrogens (tertiary/aromatic N) is 5. The number of sulfonamides is 1. The predicted octanol–water partition coefficient (Wildman–Crippen LogP) is 3.72. The second-order valence-electron chi connectivity index (χ2n) is 8.47. The number of anilines is 2. The number of hydrogen-bond acceptors (Lipinski definition) is 9. The maximum Gasteiger partial charge on any atom is 0.270 e. The quantitative estimate of drug-likeness (QED) is 0.326. The van der Waals surface area contributed by atoms with Crippen molar-refractivity contribution in [3.8, 4) is 0 Å². The van der Waals surface area contributed by atoms with Crippen LogP contribution in [0.5, 0.6) is 0 Å². The Labute approximate surface area is 202 Å². The molecule has 0 amide bonds. The van der Waals surface area contributed by atoms with Crippen LogP contribution in [-0.4, -0.2) is 55.0 Å². The first-order valence-corrected chi connectivity index (χ1v) is 12.8. The minimum absolute atomic E-state index is 0.0851. The molecule has 0 radical (unpaired) electrons. The molecule has 0 bridgehead atoms. The molecule has 13 heteroatoms. The van der Waals surface area contributed by atoms with E-state index in [1.807, 2.05) is 0 Å². The normalized spacial score (nSPS) is 17.1. The van der Waals surface area contributed by atoms with Crippen LogP contribution in [0, 0.1) is 20.2 Å². The number of benzene rings is 2. The van der Waals surface area contributed by atoms with Gasteiger partial charge in [0.25, 0.3) is 11.4 Å². The van der Waals surface area contributed by atoms with Gasteiger partial charge in [0.05, 0.1) is 21.7 Å². The molecule has 1 N–H and O–H groups in total. The van der Waals surface area contributed by atoms with Gasteiger partial charge in [-0.2, -0.15) is 9.41 Å². The Morgan fingerprint density at radius 2 is 1.46 bits per heavy atom. The van der Waals surface area contributed by atoms with E-state index < -0.39 is 19.9 Å². The third-order valence-corrected chi connectivity index (χ3v) is 8.10. The molecule has 2 aliphatic heterocycles. The number of piperidine rings is 1. The second kappa shape index (κ2) is 10.4. The number of non-ortho nitro benzene ring substituents is 2. The molecule has 4 rings (SSSR count). The summed E-state index contributed by atoms with van der Waals surface area (Å²) in [7, 11) is -3.99. The third-order valence-electron chi connectivity index (χ3n) is 6.17. The SMILES string of the molecule is O=[N+]([O-])c1ccc(N2CCCC2)c(/C=N/Nc2ccc([N+](=O)[O-])cc2S(=O)(=O)N2CCCCC2)c1. The average Bonchev–Trinajstić information content (AvgIpc) is 3.39. The molecule has 2 aromatic carbocycles. The topological polar surface area (TPSA) is 151 Å². The maximum absolute atomic E-state index is 13.3. The van der Waals surface area contributed by atoms with Gasteiger partial charge in [0, 0.05) is 61.7 Å². The van der Waals surface area contributed by atoms with Crippen molar-refractivity contribution in [3.05, 3.63) is 62.2 Å². The summed E-state index contributed by atoms with van der Waals surface area (Å²) in [6.07, 6.45) is 5.82. The zero-order valence-corrected chi connectivity index (χ0v) is 19.8. The van der Waals surface area contributed by atoms with Crippen LogP contribution in [0.3, 0.4) is 0 Å². The van der Waals surface area contributed by atoms with E-state index in [0.29, 0.717) is 18.7 Å². The van der Waals surface area contributed by atoms with Gasteiger partial charge in [0.1, 0.15) is 4.90 Å².